The van der Waals surface area contributed by atoms with Gasteiger partial charge >= 0.3 is 6.09 Å². The van der Waals surface area contributed by atoms with E-state index >= 15 is 0 Å². The SMILES string of the molecule is CCCCCCCCCCCCOc1ccc(OC(=O)NCC)c(C(=O)c2ccccc2)c1. The number of unbranched alkanes of at least 4 members (excludes halogenated alkanes) is 9. The van der Waals surface area contributed by atoms with Crippen LogP contribution in [0.4, 0.5) is 4.79 Å². The molecule has 0 bridgehead atoms. The molecule has 0 fully saturated rings. The van der Waals surface area contributed by atoms with E-state index in [-0.39, 0.29) is 11.5 Å². The van der Waals surface area contributed by atoms with E-state index < -0.39 is 6.09 Å². The molecule has 0 unspecified atom stereocenters. The zero-order chi connectivity index (χ0) is 23.7. The summed E-state index contributed by atoms with van der Waals surface area (Å²) in [7, 11) is 0. The smallest absolute Gasteiger partial charge is 0.412 e. The van der Waals surface area contributed by atoms with Crippen LogP contribution in [0, 0.1) is 0 Å². The maximum absolute atomic E-state index is 13.1. The maximum atomic E-state index is 13.1. The molecule has 0 spiro atoms. The van der Waals surface area contributed by atoms with E-state index in [1.54, 1.807) is 30.3 Å². The normalized spacial score (nSPS) is 10.6. The molecule has 5 nitrogen and oxygen atoms in total. The highest BCUT2D eigenvalue weighted by Gasteiger charge is 2.18. The highest BCUT2D eigenvalue weighted by atomic mass is 16.6. The zero-order valence-corrected chi connectivity index (χ0v) is 20.2. The molecule has 2 aromatic carbocycles. The Labute approximate surface area is 198 Å². The number of rotatable bonds is 16. The van der Waals surface area contributed by atoms with Gasteiger partial charge in [-0.2, -0.15) is 0 Å². The molecule has 0 heterocycles. The van der Waals surface area contributed by atoms with Crippen LogP contribution >= 0.6 is 0 Å². The Morgan fingerprint density at radius 2 is 1.42 bits per heavy atom. The van der Waals surface area contributed by atoms with Crippen LogP contribution in [0.25, 0.3) is 0 Å². The first kappa shape index (κ1) is 26.4. The summed E-state index contributed by atoms with van der Waals surface area (Å²) in [6, 6.07) is 14.0. The van der Waals surface area contributed by atoms with Crippen LogP contribution in [-0.4, -0.2) is 25.0 Å². The van der Waals surface area contributed by atoms with Crippen LogP contribution in [0.5, 0.6) is 11.5 Å². The predicted octanol–water partition coefficient (Wildman–Crippen LogP) is 7.33. The van der Waals surface area contributed by atoms with Gasteiger partial charge in [0.25, 0.3) is 0 Å². The first-order valence-electron chi connectivity index (χ1n) is 12.5. The number of ketones is 1. The Kier molecular flexibility index (Phi) is 12.7. The van der Waals surface area contributed by atoms with Crippen molar-refractivity contribution in [1.82, 2.24) is 5.32 Å². The van der Waals surface area contributed by atoms with Gasteiger partial charge in [-0.05, 0) is 31.5 Å². The van der Waals surface area contributed by atoms with Gasteiger partial charge in [0.05, 0.1) is 12.2 Å². The minimum Gasteiger partial charge on any atom is -0.494 e. The number of carbonyl (C=O) groups is 2. The standard InChI is InChI=1S/C28H39NO4/c1-3-5-6-7-8-9-10-11-12-16-21-32-24-19-20-26(33-28(31)29-4-2)25(22-24)27(30)23-17-14-13-15-18-23/h13-15,17-20,22H,3-12,16,21H2,1-2H3,(H,29,31). The predicted molar refractivity (Wildman–Crippen MR) is 133 cm³/mol. The molecular formula is C28H39NO4. The number of ether oxygens (including phenoxy) is 2. The summed E-state index contributed by atoms with van der Waals surface area (Å²) in [5.74, 6) is 0.619. The van der Waals surface area contributed by atoms with Crippen LogP contribution in [0.2, 0.25) is 0 Å². The van der Waals surface area contributed by atoms with Gasteiger partial charge in [-0.1, -0.05) is 95.0 Å². The van der Waals surface area contributed by atoms with Crippen LogP contribution < -0.4 is 14.8 Å². The Balaban J connectivity index is 1.86. The summed E-state index contributed by atoms with van der Waals surface area (Å²) in [6.07, 6.45) is 12.1. The summed E-state index contributed by atoms with van der Waals surface area (Å²) in [4.78, 5) is 25.0. The van der Waals surface area contributed by atoms with Crippen LogP contribution in [0.3, 0.4) is 0 Å². The van der Waals surface area contributed by atoms with Gasteiger partial charge in [0.2, 0.25) is 0 Å². The summed E-state index contributed by atoms with van der Waals surface area (Å²) in [5, 5.41) is 2.59. The summed E-state index contributed by atoms with van der Waals surface area (Å²) in [6.45, 7) is 5.10. The average Bonchev–Trinajstić information content (AvgIpc) is 2.83. The molecule has 0 aliphatic carbocycles. The highest BCUT2D eigenvalue weighted by molar-refractivity contribution is 6.11. The summed E-state index contributed by atoms with van der Waals surface area (Å²) in [5.41, 5.74) is 0.845. The van der Waals surface area contributed by atoms with Gasteiger partial charge in [-0.25, -0.2) is 4.79 Å². The lowest BCUT2D eigenvalue weighted by atomic mass is 10.0. The summed E-state index contributed by atoms with van der Waals surface area (Å²) < 4.78 is 11.3. The van der Waals surface area contributed by atoms with Gasteiger partial charge < -0.3 is 14.8 Å². The molecule has 0 aromatic heterocycles. The number of hydrogen-bond donors (Lipinski definition) is 1. The van der Waals surface area contributed by atoms with E-state index in [4.69, 9.17) is 9.47 Å². The van der Waals surface area contributed by atoms with Crippen molar-refractivity contribution in [2.45, 2.75) is 78.1 Å². The lowest BCUT2D eigenvalue weighted by Gasteiger charge is -2.13. The summed E-state index contributed by atoms with van der Waals surface area (Å²) >= 11 is 0. The Hall–Kier alpha value is -2.82. The average molecular weight is 454 g/mol. The van der Waals surface area contributed by atoms with E-state index in [9.17, 15) is 9.59 Å². The van der Waals surface area contributed by atoms with E-state index in [1.807, 2.05) is 25.1 Å². The lowest BCUT2D eigenvalue weighted by molar-refractivity contribution is 0.103. The van der Waals surface area contributed by atoms with Crippen LogP contribution in [0.1, 0.15) is 94.0 Å². The number of benzene rings is 2. The zero-order valence-electron chi connectivity index (χ0n) is 20.2. The second-order valence-corrected chi connectivity index (χ2v) is 8.30. The molecule has 33 heavy (non-hydrogen) atoms. The van der Waals surface area contributed by atoms with Crippen molar-refractivity contribution in [2.75, 3.05) is 13.2 Å². The molecule has 0 saturated heterocycles. The Morgan fingerprint density at radius 1 is 0.788 bits per heavy atom. The second-order valence-electron chi connectivity index (χ2n) is 8.30. The highest BCUT2D eigenvalue weighted by Crippen LogP contribution is 2.27. The molecule has 2 rings (SSSR count). The number of carbonyl (C=O) groups excluding carboxylic acids is 2. The van der Waals surface area contributed by atoms with Crippen molar-refractivity contribution < 1.29 is 19.1 Å². The largest absolute Gasteiger partial charge is 0.494 e. The molecule has 0 aliphatic heterocycles. The fraction of sp³-hybridized carbons (Fsp3) is 0.500. The van der Waals surface area contributed by atoms with E-state index in [1.165, 1.54) is 51.4 Å². The van der Waals surface area contributed by atoms with Crippen molar-refractivity contribution in [3.05, 3.63) is 59.7 Å². The molecule has 0 saturated carbocycles. The third-order valence-corrected chi connectivity index (χ3v) is 5.52. The second kappa shape index (κ2) is 15.9. The lowest BCUT2D eigenvalue weighted by Crippen LogP contribution is -2.27. The maximum Gasteiger partial charge on any atom is 0.412 e. The van der Waals surface area contributed by atoms with Crippen molar-refractivity contribution in [1.29, 1.82) is 0 Å². The third kappa shape index (κ3) is 10.1. The number of amides is 1. The molecule has 1 amide bonds. The first-order valence-corrected chi connectivity index (χ1v) is 12.5. The molecule has 0 aliphatic rings. The van der Waals surface area contributed by atoms with Crippen molar-refractivity contribution in [3.63, 3.8) is 0 Å². The fourth-order valence-electron chi connectivity index (χ4n) is 3.67. The Bertz CT molecular complexity index is 835. The van der Waals surface area contributed by atoms with E-state index in [0.717, 1.165) is 12.8 Å². The molecule has 1 N–H and O–H groups in total. The van der Waals surface area contributed by atoms with E-state index in [0.29, 0.717) is 30.0 Å². The molecule has 0 radical (unpaired) electrons. The van der Waals surface area contributed by atoms with Crippen molar-refractivity contribution >= 4 is 11.9 Å². The molecule has 2 aromatic rings. The minimum atomic E-state index is -0.585. The van der Waals surface area contributed by atoms with Gasteiger partial charge in [-0.15, -0.1) is 0 Å². The topological polar surface area (TPSA) is 64.6 Å². The number of hydrogen-bond acceptors (Lipinski definition) is 4. The van der Waals surface area contributed by atoms with Gasteiger partial charge in [-0.3, -0.25) is 4.79 Å². The van der Waals surface area contributed by atoms with Crippen LogP contribution in [-0.2, 0) is 0 Å². The third-order valence-electron chi connectivity index (χ3n) is 5.52. The molecular weight excluding hydrogens is 414 g/mol. The molecule has 180 valence electrons. The van der Waals surface area contributed by atoms with Crippen molar-refractivity contribution in [3.8, 4) is 11.5 Å². The Morgan fingerprint density at radius 3 is 2.06 bits per heavy atom. The van der Waals surface area contributed by atoms with Crippen molar-refractivity contribution in [2.24, 2.45) is 0 Å². The number of nitrogens with one attached hydrogen (secondary N) is 1. The van der Waals surface area contributed by atoms with Crippen LogP contribution in [0.15, 0.2) is 48.5 Å². The van der Waals surface area contributed by atoms with Gasteiger partial charge in [0.15, 0.2) is 5.78 Å². The van der Waals surface area contributed by atoms with Gasteiger partial charge in [0.1, 0.15) is 11.5 Å². The molecule has 5 heteroatoms. The van der Waals surface area contributed by atoms with Gasteiger partial charge in [0, 0.05) is 12.1 Å². The monoisotopic (exact) mass is 453 g/mol. The fourth-order valence-corrected chi connectivity index (χ4v) is 3.67. The first-order chi connectivity index (χ1) is 16.2. The van der Waals surface area contributed by atoms with E-state index in [2.05, 4.69) is 12.2 Å². The molecule has 0 atom stereocenters. The quantitative estimate of drug-likeness (QED) is 0.213. The minimum absolute atomic E-state index is 0.209.